The van der Waals surface area contributed by atoms with Gasteiger partial charge in [0.1, 0.15) is 5.75 Å². The van der Waals surface area contributed by atoms with Crippen molar-refractivity contribution in [3.05, 3.63) is 29.3 Å². The van der Waals surface area contributed by atoms with Gasteiger partial charge in [0.2, 0.25) is 0 Å². The smallest absolute Gasteiger partial charge is 0.266 e. The van der Waals surface area contributed by atoms with Gasteiger partial charge in [0.15, 0.2) is 5.60 Å². The summed E-state index contributed by atoms with van der Waals surface area (Å²) in [4.78, 5) is 14.4. The molecule has 4 nitrogen and oxygen atoms in total. The van der Waals surface area contributed by atoms with E-state index in [1.54, 1.807) is 49.9 Å². The molecule has 1 saturated heterocycles. The standard InChI is InChI=1S/C16H22ClNO3/c1-11(19)12-7-8-18(10-12)15(20)16(2,3)21-14-6-4-5-13(17)9-14/h4-6,9,11-12,19H,7-8,10H2,1-3H3. The molecule has 0 bridgehead atoms. The Morgan fingerprint density at radius 3 is 2.81 bits per heavy atom. The van der Waals surface area contributed by atoms with E-state index >= 15 is 0 Å². The number of ether oxygens (including phenoxy) is 1. The summed E-state index contributed by atoms with van der Waals surface area (Å²) in [6.07, 6.45) is 0.441. The molecule has 1 N–H and O–H groups in total. The van der Waals surface area contributed by atoms with Crippen molar-refractivity contribution in [1.29, 1.82) is 0 Å². The van der Waals surface area contributed by atoms with E-state index in [1.807, 2.05) is 0 Å². The molecule has 2 atom stereocenters. The van der Waals surface area contributed by atoms with Crippen molar-refractivity contribution < 1.29 is 14.6 Å². The van der Waals surface area contributed by atoms with Gasteiger partial charge in [0.25, 0.3) is 5.91 Å². The second-order valence-corrected chi connectivity index (χ2v) is 6.55. The number of amides is 1. The second-order valence-electron chi connectivity index (χ2n) is 6.11. The van der Waals surface area contributed by atoms with E-state index in [9.17, 15) is 9.90 Å². The van der Waals surface area contributed by atoms with E-state index < -0.39 is 5.60 Å². The Hall–Kier alpha value is -1.26. The fourth-order valence-corrected chi connectivity index (χ4v) is 2.80. The van der Waals surface area contributed by atoms with Crippen LogP contribution in [-0.4, -0.2) is 40.7 Å². The first-order valence-corrected chi connectivity index (χ1v) is 7.59. The van der Waals surface area contributed by atoms with Crippen LogP contribution in [0.5, 0.6) is 5.75 Å². The molecule has 1 amide bonds. The zero-order valence-corrected chi connectivity index (χ0v) is 13.4. The van der Waals surface area contributed by atoms with Gasteiger partial charge in [-0.2, -0.15) is 0 Å². The topological polar surface area (TPSA) is 49.8 Å². The summed E-state index contributed by atoms with van der Waals surface area (Å²) in [5, 5.41) is 10.2. The minimum Gasteiger partial charge on any atom is -0.478 e. The van der Waals surface area contributed by atoms with Crippen molar-refractivity contribution >= 4 is 17.5 Å². The van der Waals surface area contributed by atoms with Gasteiger partial charge in [-0.25, -0.2) is 0 Å². The Kier molecular flexibility index (Phi) is 4.79. The first kappa shape index (κ1) is 16.1. The lowest BCUT2D eigenvalue weighted by atomic mass is 10.0. The molecular weight excluding hydrogens is 290 g/mol. The molecule has 116 valence electrons. The molecule has 1 fully saturated rings. The number of hydrogen-bond acceptors (Lipinski definition) is 3. The molecule has 5 heteroatoms. The lowest BCUT2D eigenvalue weighted by Gasteiger charge is -2.30. The summed E-state index contributed by atoms with van der Waals surface area (Å²) in [5.41, 5.74) is -0.960. The third-order valence-corrected chi connectivity index (χ3v) is 4.11. The van der Waals surface area contributed by atoms with Crippen LogP contribution >= 0.6 is 11.6 Å². The highest BCUT2D eigenvalue weighted by Crippen LogP contribution is 2.26. The van der Waals surface area contributed by atoms with Crippen molar-refractivity contribution in [3.8, 4) is 5.75 Å². The number of halogens is 1. The molecule has 0 aromatic heterocycles. The Balaban J connectivity index is 2.04. The molecular formula is C16H22ClNO3. The number of aliphatic hydroxyl groups excluding tert-OH is 1. The van der Waals surface area contributed by atoms with Crippen LogP contribution in [0.1, 0.15) is 27.2 Å². The highest BCUT2D eigenvalue weighted by Gasteiger charge is 2.38. The van der Waals surface area contributed by atoms with Crippen molar-refractivity contribution in [1.82, 2.24) is 4.90 Å². The lowest BCUT2D eigenvalue weighted by molar-refractivity contribution is -0.144. The molecule has 2 rings (SSSR count). The minimum atomic E-state index is -0.960. The SMILES string of the molecule is CC(O)C1CCN(C(=O)C(C)(C)Oc2cccc(Cl)c2)C1. The van der Waals surface area contributed by atoms with Gasteiger partial charge >= 0.3 is 0 Å². The average Bonchev–Trinajstić information content (AvgIpc) is 2.86. The summed E-state index contributed by atoms with van der Waals surface area (Å²) >= 11 is 5.93. The van der Waals surface area contributed by atoms with Gasteiger partial charge in [-0.05, 0) is 45.4 Å². The maximum atomic E-state index is 12.6. The number of nitrogens with zero attached hydrogens (tertiary/aromatic N) is 1. The molecule has 0 aliphatic carbocycles. The second kappa shape index (κ2) is 6.24. The molecule has 0 saturated carbocycles. The van der Waals surface area contributed by atoms with Crippen LogP contribution in [0.4, 0.5) is 0 Å². The fraction of sp³-hybridized carbons (Fsp3) is 0.562. The number of rotatable bonds is 4. The van der Waals surface area contributed by atoms with Crippen LogP contribution in [0, 0.1) is 5.92 Å². The molecule has 1 heterocycles. The number of carbonyl (C=O) groups is 1. The Morgan fingerprint density at radius 2 is 2.24 bits per heavy atom. The molecule has 0 spiro atoms. The summed E-state index contributed by atoms with van der Waals surface area (Å²) < 4.78 is 5.81. The predicted octanol–water partition coefficient (Wildman–Crippen LogP) is 2.73. The van der Waals surface area contributed by atoms with Gasteiger partial charge < -0.3 is 14.7 Å². The van der Waals surface area contributed by atoms with E-state index in [4.69, 9.17) is 16.3 Å². The maximum absolute atomic E-state index is 12.6. The van der Waals surface area contributed by atoms with Crippen molar-refractivity contribution in [2.75, 3.05) is 13.1 Å². The van der Waals surface area contributed by atoms with Gasteiger partial charge in [0.05, 0.1) is 6.10 Å². The summed E-state index contributed by atoms with van der Waals surface area (Å²) in [7, 11) is 0. The molecule has 1 aromatic rings. The average molecular weight is 312 g/mol. The molecule has 1 aliphatic heterocycles. The third kappa shape index (κ3) is 3.89. The van der Waals surface area contributed by atoms with Gasteiger partial charge in [0, 0.05) is 24.0 Å². The molecule has 0 radical (unpaired) electrons. The van der Waals surface area contributed by atoms with E-state index in [0.29, 0.717) is 23.9 Å². The Labute approximate surface area is 130 Å². The molecule has 1 aromatic carbocycles. The van der Waals surface area contributed by atoms with E-state index in [-0.39, 0.29) is 17.9 Å². The van der Waals surface area contributed by atoms with Crippen LogP contribution in [0.15, 0.2) is 24.3 Å². The normalized spacial score (nSPS) is 20.4. The first-order valence-electron chi connectivity index (χ1n) is 7.21. The number of carbonyl (C=O) groups excluding carboxylic acids is 1. The zero-order chi connectivity index (χ0) is 15.6. The molecule has 2 unspecified atom stereocenters. The monoisotopic (exact) mass is 311 g/mol. The maximum Gasteiger partial charge on any atom is 0.266 e. The fourth-order valence-electron chi connectivity index (χ4n) is 2.62. The van der Waals surface area contributed by atoms with Crippen LogP contribution in [0.3, 0.4) is 0 Å². The first-order chi connectivity index (χ1) is 9.79. The number of hydrogen-bond donors (Lipinski definition) is 1. The number of benzene rings is 1. The highest BCUT2D eigenvalue weighted by molar-refractivity contribution is 6.30. The Morgan fingerprint density at radius 1 is 1.52 bits per heavy atom. The zero-order valence-electron chi connectivity index (χ0n) is 12.7. The number of aliphatic hydroxyl groups is 1. The van der Waals surface area contributed by atoms with Crippen LogP contribution in [0.2, 0.25) is 5.02 Å². The van der Waals surface area contributed by atoms with E-state index in [2.05, 4.69) is 0 Å². The van der Waals surface area contributed by atoms with E-state index in [1.165, 1.54) is 0 Å². The van der Waals surface area contributed by atoms with Gasteiger partial charge in [-0.3, -0.25) is 4.79 Å². The highest BCUT2D eigenvalue weighted by atomic mass is 35.5. The largest absolute Gasteiger partial charge is 0.478 e. The number of likely N-dealkylation sites (tertiary alicyclic amines) is 1. The van der Waals surface area contributed by atoms with Crippen LogP contribution in [-0.2, 0) is 4.79 Å². The van der Waals surface area contributed by atoms with Crippen molar-refractivity contribution in [3.63, 3.8) is 0 Å². The van der Waals surface area contributed by atoms with Gasteiger partial charge in [-0.1, -0.05) is 17.7 Å². The predicted molar refractivity (Wildman–Crippen MR) is 82.5 cm³/mol. The third-order valence-electron chi connectivity index (χ3n) is 3.88. The summed E-state index contributed by atoms with van der Waals surface area (Å²) in [6.45, 7) is 6.53. The van der Waals surface area contributed by atoms with E-state index in [0.717, 1.165) is 6.42 Å². The van der Waals surface area contributed by atoms with Gasteiger partial charge in [-0.15, -0.1) is 0 Å². The molecule has 1 aliphatic rings. The lowest BCUT2D eigenvalue weighted by Crippen LogP contribution is -2.48. The van der Waals surface area contributed by atoms with Crippen LogP contribution in [0.25, 0.3) is 0 Å². The van der Waals surface area contributed by atoms with Crippen molar-refractivity contribution in [2.45, 2.75) is 38.9 Å². The quantitative estimate of drug-likeness (QED) is 0.930. The summed E-state index contributed by atoms with van der Waals surface area (Å²) in [5.74, 6) is 0.661. The minimum absolute atomic E-state index is 0.0642. The van der Waals surface area contributed by atoms with Crippen molar-refractivity contribution in [2.24, 2.45) is 5.92 Å². The Bertz CT molecular complexity index is 516. The summed E-state index contributed by atoms with van der Waals surface area (Å²) in [6, 6.07) is 7.02. The van der Waals surface area contributed by atoms with Crippen LogP contribution < -0.4 is 4.74 Å². The molecule has 21 heavy (non-hydrogen) atoms.